The number of nitrogens with one attached hydrogen (secondary N) is 1. The SMILES string of the molecule is CC(C)(C)C(=O)N[C@@H](CC(=O)OCc1ccccc1)C(=O)O. The van der Waals surface area contributed by atoms with E-state index in [0.717, 1.165) is 5.56 Å². The molecule has 0 spiro atoms. The molecule has 1 rings (SSSR count). The van der Waals surface area contributed by atoms with Gasteiger partial charge in [-0.25, -0.2) is 4.79 Å². The number of carbonyl (C=O) groups excluding carboxylic acids is 2. The summed E-state index contributed by atoms with van der Waals surface area (Å²) in [5.41, 5.74) is 0.0724. The van der Waals surface area contributed by atoms with Crippen molar-refractivity contribution < 1.29 is 24.2 Å². The maximum Gasteiger partial charge on any atom is 0.326 e. The number of hydrogen-bond donors (Lipinski definition) is 2. The molecule has 6 heteroatoms. The van der Waals surface area contributed by atoms with Crippen LogP contribution in [0.5, 0.6) is 0 Å². The van der Waals surface area contributed by atoms with Gasteiger partial charge in [0.25, 0.3) is 0 Å². The Morgan fingerprint density at radius 1 is 1.18 bits per heavy atom. The Labute approximate surface area is 129 Å². The quantitative estimate of drug-likeness (QED) is 0.781. The Bertz CT molecular complexity index is 533. The van der Waals surface area contributed by atoms with E-state index >= 15 is 0 Å². The van der Waals surface area contributed by atoms with Crippen LogP contribution in [0.2, 0.25) is 0 Å². The Hall–Kier alpha value is -2.37. The summed E-state index contributed by atoms with van der Waals surface area (Å²) in [6.45, 7) is 5.05. The van der Waals surface area contributed by atoms with E-state index in [0.29, 0.717) is 0 Å². The number of carboxylic acids is 1. The second-order valence-electron chi connectivity index (χ2n) is 5.96. The molecule has 0 bridgehead atoms. The van der Waals surface area contributed by atoms with Crippen molar-refractivity contribution >= 4 is 17.8 Å². The molecule has 0 saturated carbocycles. The lowest BCUT2D eigenvalue weighted by atomic mass is 9.95. The van der Waals surface area contributed by atoms with E-state index in [2.05, 4.69) is 5.32 Å². The highest BCUT2D eigenvalue weighted by atomic mass is 16.5. The molecule has 1 aromatic carbocycles. The summed E-state index contributed by atoms with van der Waals surface area (Å²) in [7, 11) is 0. The molecule has 1 amide bonds. The predicted molar refractivity (Wildman–Crippen MR) is 79.9 cm³/mol. The molecule has 6 nitrogen and oxygen atoms in total. The molecule has 0 saturated heterocycles. The number of rotatable bonds is 6. The van der Waals surface area contributed by atoms with Crippen LogP contribution in [-0.2, 0) is 25.7 Å². The minimum Gasteiger partial charge on any atom is -0.480 e. The van der Waals surface area contributed by atoms with Crippen LogP contribution in [0.15, 0.2) is 30.3 Å². The molecule has 0 aromatic heterocycles. The van der Waals surface area contributed by atoms with Crippen LogP contribution >= 0.6 is 0 Å². The summed E-state index contributed by atoms with van der Waals surface area (Å²) in [6.07, 6.45) is -0.413. The number of amides is 1. The predicted octanol–water partition coefficient (Wildman–Crippen LogP) is 1.74. The van der Waals surface area contributed by atoms with Crippen molar-refractivity contribution in [1.82, 2.24) is 5.32 Å². The Balaban J connectivity index is 2.54. The standard InChI is InChI=1S/C16H21NO5/c1-16(2,3)15(21)17-12(14(19)20)9-13(18)22-10-11-7-5-4-6-8-11/h4-8,12H,9-10H2,1-3H3,(H,17,21)(H,19,20)/t12-/m0/s1. The van der Waals surface area contributed by atoms with Crippen molar-refractivity contribution in [2.24, 2.45) is 5.41 Å². The Morgan fingerprint density at radius 3 is 2.27 bits per heavy atom. The highest BCUT2D eigenvalue weighted by Gasteiger charge is 2.29. The van der Waals surface area contributed by atoms with Gasteiger partial charge in [-0.2, -0.15) is 0 Å². The summed E-state index contributed by atoms with van der Waals surface area (Å²) in [6, 6.07) is 7.76. The van der Waals surface area contributed by atoms with Crippen molar-refractivity contribution in [3.8, 4) is 0 Å². The van der Waals surface area contributed by atoms with Crippen molar-refractivity contribution in [2.45, 2.75) is 39.8 Å². The lowest BCUT2D eigenvalue weighted by molar-refractivity contribution is -0.151. The Morgan fingerprint density at radius 2 is 1.77 bits per heavy atom. The fraction of sp³-hybridized carbons (Fsp3) is 0.438. The summed E-state index contributed by atoms with van der Waals surface area (Å²) in [5.74, 6) is -2.38. The van der Waals surface area contributed by atoms with Gasteiger partial charge in [0.05, 0.1) is 6.42 Å². The molecule has 0 aliphatic rings. The number of carboxylic acid groups (broad SMARTS) is 1. The summed E-state index contributed by atoms with van der Waals surface area (Å²) < 4.78 is 5.02. The monoisotopic (exact) mass is 307 g/mol. The van der Waals surface area contributed by atoms with Crippen LogP contribution in [0, 0.1) is 5.41 Å². The summed E-state index contributed by atoms with van der Waals surface area (Å²) in [4.78, 5) is 34.7. The highest BCUT2D eigenvalue weighted by Crippen LogP contribution is 2.13. The van der Waals surface area contributed by atoms with Gasteiger partial charge in [0.2, 0.25) is 5.91 Å². The molecule has 0 heterocycles. The van der Waals surface area contributed by atoms with E-state index in [1.54, 1.807) is 32.9 Å². The van der Waals surface area contributed by atoms with Gasteiger partial charge >= 0.3 is 11.9 Å². The van der Waals surface area contributed by atoms with Crippen molar-refractivity contribution in [3.63, 3.8) is 0 Å². The second kappa shape index (κ2) is 7.59. The third kappa shape index (κ3) is 5.95. The minimum atomic E-state index is -1.30. The van der Waals surface area contributed by atoms with Crippen LogP contribution in [0.4, 0.5) is 0 Å². The van der Waals surface area contributed by atoms with Gasteiger partial charge in [0, 0.05) is 5.41 Å². The molecular formula is C16H21NO5. The third-order valence-electron chi connectivity index (χ3n) is 2.90. The minimum absolute atomic E-state index is 0.0687. The van der Waals surface area contributed by atoms with Gasteiger partial charge in [0.1, 0.15) is 12.6 Å². The van der Waals surface area contributed by atoms with E-state index < -0.39 is 35.7 Å². The first kappa shape index (κ1) is 17.7. The van der Waals surface area contributed by atoms with Crippen LogP contribution in [-0.4, -0.2) is 29.0 Å². The normalized spacial score (nSPS) is 12.3. The van der Waals surface area contributed by atoms with Crippen molar-refractivity contribution in [2.75, 3.05) is 0 Å². The number of esters is 1. The average Bonchev–Trinajstić information content (AvgIpc) is 2.44. The number of ether oxygens (including phenoxy) is 1. The van der Waals surface area contributed by atoms with Gasteiger partial charge in [-0.1, -0.05) is 51.1 Å². The molecule has 22 heavy (non-hydrogen) atoms. The first-order valence-electron chi connectivity index (χ1n) is 6.93. The van der Waals surface area contributed by atoms with Crippen LogP contribution in [0.1, 0.15) is 32.8 Å². The molecule has 2 N–H and O–H groups in total. The number of hydrogen-bond acceptors (Lipinski definition) is 4. The van der Waals surface area contributed by atoms with E-state index in [1.165, 1.54) is 0 Å². The zero-order chi connectivity index (χ0) is 16.8. The second-order valence-corrected chi connectivity index (χ2v) is 5.96. The molecule has 0 unspecified atom stereocenters. The van der Waals surface area contributed by atoms with Crippen LogP contribution < -0.4 is 5.32 Å². The summed E-state index contributed by atoms with van der Waals surface area (Å²) >= 11 is 0. The average molecular weight is 307 g/mol. The van der Waals surface area contributed by atoms with Gasteiger partial charge in [-0.15, -0.1) is 0 Å². The summed E-state index contributed by atoms with van der Waals surface area (Å²) in [5, 5.41) is 11.4. The number of carbonyl (C=O) groups is 3. The van der Waals surface area contributed by atoms with Gasteiger partial charge in [0.15, 0.2) is 0 Å². The van der Waals surface area contributed by atoms with E-state index in [4.69, 9.17) is 9.84 Å². The fourth-order valence-electron chi connectivity index (χ4n) is 1.54. The van der Waals surface area contributed by atoms with E-state index in [-0.39, 0.29) is 6.61 Å². The molecule has 1 aromatic rings. The zero-order valence-corrected chi connectivity index (χ0v) is 13.0. The number of aliphatic carboxylic acids is 1. The maximum atomic E-state index is 11.8. The smallest absolute Gasteiger partial charge is 0.326 e. The lowest BCUT2D eigenvalue weighted by Gasteiger charge is -2.21. The van der Waals surface area contributed by atoms with Gasteiger partial charge in [-0.05, 0) is 5.56 Å². The largest absolute Gasteiger partial charge is 0.480 e. The molecule has 0 radical (unpaired) electrons. The van der Waals surface area contributed by atoms with Crippen LogP contribution in [0.25, 0.3) is 0 Å². The van der Waals surface area contributed by atoms with Crippen molar-refractivity contribution in [1.29, 1.82) is 0 Å². The first-order valence-corrected chi connectivity index (χ1v) is 6.93. The molecule has 120 valence electrons. The zero-order valence-electron chi connectivity index (χ0n) is 13.0. The first-order chi connectivity index (χ1) is 10.2. The molecule has 0 aliphatic heterocycles. The number of benzene rings is 1. The topological polar surface area (TPSA) is 92.7 Å². The highest BCUT2D eigenvalue weighted by molar-refractivity contribution is 5.89. The van der Waals surface area contributed by atoms with Crippen molar-refractivity contribution in [3.05, 3.63) is 35.9 Å². The maximum absolute atomic E-state index is 11.8. The third-order valence-corrected chi connectivity index (χ3v) is 2.90. The molecular weight excluding hydrogens is 286 g/mol. The van der Waals surface area contributed by atoms with Gasteiger partial charge in [-0.3, -0.25) is 9.59 Å². The molecule has 1 atom stereocenters. The van der Waals surface area contributed by atoms with Gasteiger partial charge < -0.3 is 15.2 Å². The Kier molecular flexibility index (Phi) is 6.10. The van der Waals surface area contributed by atoms with E-state index in [9.17, 15) is 14.4 Å². The van der Waals surface area contributed by atoms with E-state index in [1.807, 2.05) is 18.2 Å². The molecule has 0 aliphatic carbocycles. The van der Waals surface area contributed by atoms with Crippen LogP contribution in [0.3, 0.4) is 0 Å². The fourth-order valence-corrected chi connectivity index (χ4v) is 1.54. The molecule has 0 fully saturated rings. The lowest BCUT2D eigenvalue weighted by Crippen LogP contribution is -2.46.